The third-order valence-corrected chi connectivity index (χ3v) is 12.1. The van der Waals surface area contributed by atoms with Gasteiger partial charge in [0.25, 0.3) is 0 Å². The lowest BCUT2D eigenvalue weighted by Crippen LogP contribution is -2.49. The Bertz CT molecular complexity index is 1490. The molecule has 0 heteroatoms. The van der Waals surface area contributed by atoms with Crippen molar-refractivity contribution in [2.45, 2.75) is 52.4 Å². The minimum Gasteiger partial charge on any atom is -0.103 e. The van der Waals surface area contributed by atoms with Crippen LogP contribution in [0, 0.1) is 58.7 Å². The third kappa shape index (κ3) is 4.72. The molecule has 226 valence electrons. The third-order valence-electron chi connectivity index (χ3n) is 12.1. The highest BCUT2D eigenvalue weighted by Gasteiger charge is 2.63. The molecule has 0 nitrogen and oxygen atoms in total. The van der Waals surface area contributed by atoms with Crippen molar-refractivity contribution in [1.29, 1.82) is 0 Å². The van der Waals surface area contributed by atoms with E-state index in [1.165, 1.54) is 35.1 Å². The van der Waals surface area contributed by atoms with Crippen molar-refractivity contribution < 1.29 is 0 Å². The van der Waals surface area contributed by atoms with Crippen LogP contribution in [0.2, 0.25) is 0 Å². The Hall–Kier alpha value is -3.38. The highest BCUT2D eigenvalue weighted by Crippen LogP contribution is 2.67. The standard InChI is InChI=1S/C44H50/c1-6-7-16-31-28-41(38-22-15-14-21-35(31)38)44(32-17-10-8-11-18-32,33-19-12-9-13-20-33)42-39-27-30(2)23-25-36(39)37-26-24-34(29-40(37)42)43(3,4)5/h6,8-15,17-27,29,31,35-42H,1,7,16,28H2,2-5H3. The van der Waals surface area contributed by atoms with Gasteiger partial charge in [0.1, 0.15) is 0 Å². The molecule has 2 fully saturated rings. The average molecular weight is 579 g/mol. The topological polar surface area (TPSA) is 0 Å². The molecule has 0 N–H and O–H groups in total. The van der Waals surface area contributed by atoms with E-state index in [4.69, 9.17) is 0 Å². The minimum absolute atomic E-state index is 0.120. The predicted molar refractivity (Wildman–Crippen MR) is 187 cm³/mol. The van der Waals surface area contributed by atoms with Crippen molar-refractivity contribution in [2.24, 2.45) is 58.7 Å². The second-order valence-corrected chi connectivity index (χ2v) is 15.3. The number of rotatable bonds is 7. The molecule has 7 rings (SSSR count). The van der Waals surface area contributed by atoms with Crippen molar-refractivity contribution in [3.05, 3.63) is 156 Å². The number of hydrogen-bond acceptors (Lipinski definition) is 0. The molecule has 9 unspecified atom stereocenters. The Morgan fingerprint density at radius 3 is 1.91 bits per heavy atom. The van der Waals surface area contributed by atoms with Gasteiger partial charge in [-0.1, -0.05) is 154 Å². The van der Waals surface area contributed by atoms with E-state index in [1.807, 2.05) is 0 Å². The van der Waals surface area contributed by atoms with Gasteiger partial charge >= 0.3 is 0 Å². The fourth-order valence-corrected chi connectivity index (χ4v) is 10.3. The van der Waals surface area contributed by atoms with Crippen LogP contribution in [0.25, 0.3) is 0 Å². The van der Waals surface area contributed by atoms with Crippen LogP contribution in [0.3, 0.4) is 0 Å². The van der Waals surface area contributed by atoms with Crippen molar-refractivity contribution in [3.63, 3.8) is 0 Å². The molecular weight excluding hydrogens is 528 g/mol. The molecule has 0 aliphatic heterocycles. The second-order valence-electron chi connectivity index (χ2n) is 15.3. The highest BCUT2D eigenvalue weighted by atomic mass is 14.7. The molecule has 2 aromatic carbocycles. The second kappa shape index (κ2) is 11.5. The molecule has 5 aliphatic carbocycles. The largest absolute Gasteiger partial charge is 0.103 e. The van der Waals surface area contributed by atoms with Crippen LogP contribution in [-0.2, 0) is 5.41 Å². The van der Waals surface area contributed by atoms with Crippen LogP contribution in [-0.4, -0.2) is 0 Å². The Morgan fingerprint density at radius 1 is 0.705 bits per heavy atom. The van der Waals surface area contributed by atoms with Gasteiger partial charge < -0.3 is 0 Å². The average Bonchev–Trinajstić information content (AvgIpc) is 3.57. The van der Waals surface area contributed by atoms with Crippen molar-refractivity contribution in [3.8, 4) is 0 Å². The molecule has 0 radical (unpaired) electrons. The molecule has 44 heavy (non-hydrogen) atoms. The highest BCUT2D eigenvalue weighted by molar-refractivity contribution is 5.48. The molecule has 0 saturated heterocycles. The molecule has 5 aliphatic rings. The summed E-state index contributed by atoms with van der Waals surface area (Å²) in [5, 5.41) is 0. The van der Waals surface area contributed by atoms with Crippen LogP contribution < -0.4 is 0 Å². The Morgan fingerprint density at radius 2 is 1.30 bits per heavy atom. The molecule has 0 bridgehead atoms. The van der Waals surface area contributed by atoms with Gasteiger partial charge in [-0.2, -0.15) is 0 Å². The summed E-state index contributed by atoms with van der Waals surface area (Å²) < 4.78 is 0. The van der Waals surface area contributed by atoms with Gasteiger partial charge in [-0.3, -0.25) is 0 Å². The fourth-order valence-electron chi connectivity index (χ4n) is 10.3. The predicted octanol–water partition coefficient (Wildman–Crippen LogP) is 11.1. The van der Waals surface area contributed by atoms with Crippen LogP contribution >= 0.6 is 0 Å². The van der Waals surface area contributed by atoms with Crippen molar-refractivity contribution >= 4 is 0 Å². The first-order chi connectivity index (χ1) is 21.3. The van der Waals surface area contributed by atoms with Crippen LogP contribution in [0.15, 0.2) is 145 Å². The molecule has 0 spiro atoms. The molecular formula is C44H50. The molecule has 9 atom stereocenters. The summed E-state index contributed by atoms with van der Waals surface area (Å²) in [6.45, 7) is 13.6. The van der Waals surface area contributed by atoms with Gasteiger partial charge in [-0.15, -0.1) is 6.58 Å². The van der Waals surface area contributed by atoms with Gasteiger partial charge in [-0.25, -0.2) is 0 Å². The number of hydrogen-bond donors (Lipinski definition) is 0. The van der Waals surface area contributed by atoms with Crippen molar-refractivity contribution in [1.82, 2.24) is 0 Å². The van der Waals surface area contributed by atoms with Gasteiger partial charge in [0, 0.05) is 5.41 Å². The van der Waals surface area contributed by atoms with E-state index < -0.39 is 0 Å². The van der Waals surface area contributed by atoms with E-state index in [0.29, 0.717) is 53.3 Å². The van der Waals surface area contributed by atoms with Gasteiger partial charge in [-0.05, 0) is 102 Å². The van der Waals surface area contributed by atoms with E-state index in [-0.39, 0.29) is 10.8 Å². The first kappa shape index (κ1) is 29.3. The summed E-state index contributed by atoms with van der Waals surface area (Å²) in [5.74, 6) is 4.67. The van der Waals surface area contributed by atoms with Crippen LogP contribution in [0.4, 0.5) is 0 Å². The number of allylic oxidation sites excluding steroid dienone is 13. The van der Waals surface area contributed by atoms with Crippen molar-refractivity contribution in [2.75, 3.05) is 0 Å². The monoisotopic (exact) mass is 578 g/mol. The van der Waals surface area contributed by atoms with E-state index >= 15 is 0 Å². The lowest BCUT2D eigenvalue weighted by Gasteiger charge is -2.51. The summed E-state index contributed by atoms with van der Waals surface area (Å²) in [7, 11) is 0. The zero-order valence-corrected chi connectivity index (χ0v) is 27.1. The number of benzene rings is 2. The lowest BCUT2D eigenvalue weighted by molar-refractivity contribution is 0.134. The van der Waals surface area contributed by atoms with Crippen LogP contribution in [0.5, 0.6) is 0 Å². The van der Waals surface area contributed by atoms with E-state index in [0.717, 1.165) is 6.42 Å². The summed E-state index contributed by atoms with van der Waals surface area (Å²) >= 11 is 0. The fraction of sp³-hybridized carbons (Fsp3) is 0.409. The molecule has 2 saturated carbocycles. The first-order valence-electron chi connectivity index (χ1n) is 17.2. The van der Waals surface area contributed by atoms with E-state index in [9.17, 15) is 0 Å². The zero-order chi connectivity index (χ0) is 30.5. The van der Waals surface area contributed by atoms with Gasteiger partial charge in [0.2, 0.25) is 0 Å². The summed E-state index contributed by atoms with van der Waals surface area (Å²) in [5.41, 5.74) is 5.91. The van der Waals surface area contributed by atoms with Gasteiger partial charge in [0.15, 0.2) is 0 Å². The molecule has 0 heterocycles. The maximum atomic E-state index is 4.12. The quantitative estimate of drug-likeness (QED) is 0.287. The maximum absolute atomic E-state index is 4.12. The first-order valence-corrected chi connectivity index (χ1v) is 17.2. The Balaban J connectivity index is 1.52. The normalized spacial score (nSPS) is 33.8. The zero-order valence-electron chi connectivity index (χ0n) is 27.1. The summed E-state index contributed by atoms with van der Waals surface area (Å²) in [6.07, 6.45) is 31.0. The molecule has 2 aromatic rings. The molecule has 0 amide bonds. The van der Waals surface area contributed by atoms with E-state index in [2.05, 4.69) is 162 Å². The molecule has 0 aromatic heterocycles. The Kier molecular flexibility index (Phi) is 7.68. The summed E-state index contributed by atoms with van der Waals surface area (Å²) in [6, 6.07) is 23.5. The number of fused-ring (bicyclic) bond motifs is 4. The lowest BCUT2D eigenvalue weighted by atomic mass is 9.51. The SMILES string of the molecule is C=CCCC1CC(C(c2ccccc2)(c2ccccc2)C2C3C=C(C)C=CC3C3C=CC(C(C)(C)C)=CC32)C2C=CC=CC12. The van der Waals surface area contributed by atoms with Crippen LogP contribution in [0.1, 0.15) is 58.1 Å². The van der Waals surface area contributed by atoms with E-state index in [1.54, 1.807) is 0 Å². The Labute approximate surface area is 266 Å². The van der Waals surface area contributed by atoms with Gasteiger partial charge in [0.05, 0.1) is 0 Å². The smallest absolute Gasteiger partial charge is 0.0276 e. The maximum Gasteiger partial charge on any atom is 0.0276 e. The summed E-state index contributed by atoms with van der Waals surface area (Å²) in [4.78, 5) is 0. The minimum atomic E-state index is -0.140.